The third-order valence-electron chi connectivity index (χ3n) is 4.90. The standard InChI is InChI=1S/C21H24N2/c22-15-14-20-12-7-13-21(20)23(16-18-8-3-1-4-9-18)17-19-10-5-2-6-11-19/h1-6,8-11,20-21H,7,12-14,16-17H2/t20-,21+/m1/s1. The minimum absolute atomic E-state index is 0.521. The molecule has 0 unspecified atom stereocenters. The third kappa shape index (κ3) is 4.21. The number of nitrogens with zero attached hydrogens (tertiary/aromatic N) is 2. The predicted octanol–water partition coefficient (Wildman–Crippen LogP) is 4.77. The maximum atomic E-state index is 9.14. The van der Waals surface area contributed by atoms with Crippen LogP contribution in [0.2, 0.25) is 0 Å². The molecule has 0 bridgehead atoms. The van der Waals surface area contributed by atoms with Gasteiger partial charge in [0.2, 0.25) is 0 Å². The molecule has 118 valence electrons. The van der Waals surface area contributed by atoms with Gasteiger partial charge in [0.1, 0.15) is 0 Å². The van der Waals surface area contributed by atoms with E-state index in [-0.39, 0.29) is 0 Å². The fourth-order valence-corrected chi connectivity index (χ4v) is 3.78. The normalized spacial score (nSPS) is 20.5. The molecule has 1 aliphatic carbocycles. The molecule has 3 rings (SSSR count). The Morgan fingerprint density at radius 3 is 1.96 bits per heavy atom. The van der Waals surface area contributed by atoms with Crippen molar-refractivity contribution in [2.45, 2.75) is 44.8 Å². The van der Waals surface area contributed by atoms with Gasteiger partial charge in [0.15, 0.2) is 0 Å². The Morgan fingerprint density at radius 1 is 0.870 bits per heavy atom. The zero-order valence-corrected chi connectivity index (χ0v) is 13.6. The highest BCUT2D eigenvalue weighted by Crippen LogP contribution is 2.33. The van der Waals surface area contributed by atoms with Crippen LogP contribution in [0.15, 0.2) is 60.7 Å². The van der Waals surface area contributed by atoms with Crippen molar-refractivity contribution in [1.82, 2.24) is 4.90 Å². The summed E-state index contributed by atoms with van der Waals surface area (Å²) in [6.07, 6.45) is 4.34. The Bertz CT molecular complexity index is 588. The van der Waals surface area contributed by atoms with Gasteiger partial charge >= 0.3 is 0 Å². The maximum Gasteiger partial charge on any atom is 0.0625 e. The molecule has 2 atom stereocenters. The van der Waals surface area contributed by atoms with E-state index in [0.29, 0.717) is 18.4 Å². The van der Waals surface area contributed by atoms with Crippen molar-refractivity contribution in [3.8, 4) is 6.07 Å². The van der Waals surface area contributed by atoms with Crippen molar-refractivity contribution >= 4 is 0 Å². The van der Waals surface area contributed by atoms with Gasteiger partial charge < -0.3 is 0 Å². The van der Waals surface area contributed by atoms with Gasteiger partial charge in [0.25, 0.3) is 0 Å². The molecule has 2 nitrogen and oxygen atoms in total. The van der Waals surface area contributed by atoms with Crippen LogP contribution in [0.4, 0.5) is 0 Å². The molecule has 1 fully saturated rings. The van der Waals surface area contributed by atoms with E-state index in [4.69, 9.17) is 5.26 Å². The summed E-state index contributed by atoms with van der Waals surface area (Å²) in [4.78, 5) is 2.58. The Morgan fingerprint density at radius 2 is 1.43 bits per heavy atom. The smallest absolute Gasteiger partial charge is 0.0625 e. The second-order valence-electron chi connectivity index (χ2n) is 6.50. The lowest BCUT2D eigenvalue weighted by Crippen LogP contribution is -2.36. The SMILES string of the molecule is N#CC[C@H]1CCC[C@@H]1N(Cc1ccccc1)Cc1ccccc1. The van der Waals surface area contributed by atoms with Gasteiger partial charge in [-0.15, -0.1) is 0 Å². The van der Waals surface area contributed by atoms with E-state index in [0.717, 1.165) is 13.1 Å². The van der Waals surface area contributed by atoms with E-state index in [1.54, 1.807) is 0 Å². The van der Waals surface area contributed by atoms with Crippen molar-refractivity contribution in [3.63, 3.8) is 0 Å². The van der Waals surface area contributed by atoms with Gasteiger partial charge in [-0.1, -0.05) is 67.1 Å². The first-order valence-corrected chi connectivity index (χ1v) is 8.55. The zero-order valence-electron chi connectivity index (χ0n) is 13.6. The molecule has 1 saturated carbocycles. The fourth-order valence-electron chi connectivity index (χ4n) is 3.78. The summed E-state index contributed by atoms with van der Waals surface area (Å²) in [5, 5.41) is 9.14. The fraction of sp³-hybridized carbons (Fsp3) is 0.381. The molecule has 2 heteroatoms. The van der Waals surface area contributed by atoms with Crippen LogP contribution in [-0.2, 0) is 13.1 Å². The Hall–Kier alpha value is -2.11. The first-order valence-electron chi connectivity index (χ1n) is 8.55. The first-order chi connectivity index (χ1) is 11.4. The van der Waals surface area contributed by atoms with E-state index >= 15 is 0 Å². The molecule has 0 aromatic heterocycles. The lowest BCUT2D eigenvalue weighted by Gasteiger charge is -2.32. The van der Waals surface area contributed by atoms with E-state index in [1.807, 2.05) is 0 Å². The van der Waals surface area contributed by atoms with Crippen LogP contribution in [0.25, 0.3) is 0 Å². The van der Waals surface area contributed by atoms with E-state index in [1.165, 1.54) is 30.4 Å². The zero-order chi connectivity index (χ0) is 15.9. The van der Waals surface area contributed by atoms with Crippen molar-refractivity contribution in [3.05, 3.63) is 71.8 Å². The van der Waals surface area contributed by atoms with Gasteiger partial charge in [-0.05, 0) is 29.9 Å². The monoisotopic (exact) mass is 304 g/mol. The van der Waals surface area contributed by atoms with Crippen molar-refractivity contribution in [2.24, 2.45) is 5.92 Å². The summed E-state index contributed by atoms with van der Waals surface area (Å²) in [5.41, 5.74) is 2.71. The van der Waals surface area contributed by atoms with Gasteiger partial charge in [0.05, 0.1) is 6.07 Å². The van der Waals surface area contributed by atoms with Crippen LogP contribution >= 0.6 is 0 Å². The topological polar surface area (TPSA) is 27.0 Å². The number of rotatable bonds is 6. The second kappa shape index (κ2) is 7.94. The van der Waals surface area contributed by atoms with Gasteiger partial charge in [-0.3, -0.25) is 4.90 Å². The molecule has 0 amide bonds. The molecule has 2 aromatic carbocycles. The molecule has 0 radical (unpaired) electrons. The number of nitriles is 1. The number of hydrogen-bond acceptors (Lipinski definition) is 2. The molecule has 2 aromatic rings. The molecular weight excluding hydrogens is 280 g/mol. The molecule has 0 spiro atoms. The second-order valence-corrected chi connectivity index (χ2v) is 6.50. The molecular formula is C21H24N2. The van der Waals surface area contributed by atoms with E-state index in [9.17, 15) is 0 Å². The first kappa shape index (κ1) is 15.8. The molecule has 0 heterocycles. The number of benzene rings is 2. The van der Waals surface area contributed by atoms with Crippen molar-refractivity contribution in [2.75, 3.05) is 0 Å². The lowest BCUT2D eigenvalue weighted by atomic mass is 9.97. The van der Waals surface area contributed by atoms with Gasteiger partial charge in [0, 0.05) is 25.6 Å². The highest BCUT2D eigenvalue weighted by Gasteiger charge is 2.31. The number of hydrogen-bond donors (Lipinski definition) is 0. The molecule has 23 heavy (non-hydrogen) atoms. The van der Waals surface area contributed by atoms with Crippen molar-refractivity contribution < 1.29 is 0 Å². The van der Waals surface area contributed by atoms with Crippen LogP contribution in [0, 0.1) is 17.2 Å². The summed E-state index contributed by atoms with van der Waals surface area (Å²) in [5.74, 6) is 0.521. The lowest BCUT2D eigenvalue weighted by molar-refractivity contribution is 0.144. The molecule has 0 N–H and O–H groups in total. The van der Waals surface area contributed by atoms with Crippen molar-refractivity contribution in [1.29, 1.82) is 5.26 Å². The van der Waals surface area contributed by atoms with Crippen LogP contribution < -0.4 is 0 Å². The van der Waals surface area contributed by atoms with Crippen LogP contribution in [0.3, 0.4) is 0 Å². The van der Waals surface area contributed by atoms with E-state index in [2.05, 4.69) is 71.6 Å². The van der Waals surface area contributed by atoms with Crippen LogP contribution in [0.5, 0.6) is 0 Å². The molecule has 0 saturated heterocycles. The Labute approximate surface area is 139 Å². The average molecular weight is 304 g/mol. The summed E-state index contributed by atoms with van der Waals surface area (Å²) in [6, 6.07) is 24.3. The quantitative estimate of drug-likeness (QED) is 0.768. The summed E-state index contributed by atoms with van der Waals surface area (Å²) in [7, 11) is 0. The Balaban J connectivity index is 1.79. The summed E-state index contributed by atoms with van der Waals surface area (Å²) >= 11 is 0. The minimum Gasteiger partial charge on any atom is -0.292 e. The third-order valence-corrected chi connectivity index (χ3v) is 4.90. The summed E-state index contributed by atoms with van der Waals surface area (Å²) < 4.78 is 0. The van der Waals surface area contributed by atoms with Crippen LogP contribution in [-0.4, -0.2) is 10.9 Å². The minimum atomic E-state index is 0.521. The van der Waals surface area contributed by atoms with Gasteiger partial charge in [-0.2, -0.15) is 5.26 Å². The molecule has 0 aliphatic heterocycles. The average Bonchev–Trinajstić information content (AvgIpc) is 3.05. The van der Waals surface area contributed by atoms with Crippen LogP contribution in [0.1, 0.15) is 36.8 Å². The maximum absolute atomic E-state index is 9.14. The van der Waals surface area contributed by atoms with E-state index < -0.39 is 0 Å². The highest BCUT2D eigenvalue weighted by atomic mass is 15.2. The predicted molar refractivity (Wildman–Crippen MR) is 93.5 cm³/mol. The largest absolute Gasteiger partial charge is 0.292 e. The molecule has 1 aliphatic rings. The Kier molecular flexibility index (Phi) is 5.45. The summed E-state index contributed by atoms with van der Waals surface area (Å²) in [6.45, 7) is 1.92. The highest BCUT2D eigenvalue weighted by molar-refractivity contribution is 5.17. The van der Waals surface area contributed by atoms with Gasteiger partial charge in [-0.25, -0.2) is 0 Å².